The first-order valence-corrected chi connectivity index (χ1v) is 4.74. The highest BCUT2D eigenvalue weighted by Gasteiger charge is 2.12. The molecule has 0 aromatic carbocycles. The highest BCUT2D eigenvalue weighted by Crippen LogP contribution is 2.05. The normalized spacial score (nSPS) is 27.7. The van der Waals surface area contributed by atoms with Crippen LogP contribution in [0.5, 0.6) is 0 Å². The summed E-state index contributed by atoms with van der Waals surface area (Å²) in [7, 11) is 0. The Hall–Kier alpha value is -0.340. The van der Waals surface area contributed by atoms with Crippen molar-refractivity contribution in [3.63, 3.8) is 0 Å². The number of nitrogens with zero attached hydrogens (tertiary/aromatic N) is 1. The van der Waals surface area contributed by atoms with Crippen molar-refractivity contribution < 1.29 is 4.74 Å². The van der Waals surface area contributed by atoms with E-state index < -0.39 is 0 Å². The minimum Gasteiger partial charge on any atom is -0.380 e. The lowest BCUT2D eigenvalue weighted by Gasteiger charge is -2.19. The Bertz CT molecular complexity index is 145. The largest absolute Gasteiger partial charge is 0.380 e. The molecular formula is C10H19NO. The van der Waals surface area contributed by atoms with Crippen LogP contribution < -0.4 is 0 Å². The highest BCUT2D eigenvalue weighted by atomic mass is 16.5. The molecule has 70 valence electrons. The number of ether oxygens (including phenoxy) is 1. The molecule has 1 rings (SSSR count). The van der Waals surface area contributed by atoms with E-state index in [4.69, 9.17) is 4.74 Å². The van der Waals surface area contributed by atoms with Gasteiger partial charge in [-0.25, -0.2) is 0 Å². The Labute approximate surface area is 75.2 Å². The summed E-state index contributed by atoms with van der Waals surface area (Å²) >= 11 is 0. The van der Waals surface area contributed by atoms with Crippen molar-refractivity contribution in [1.82, 2.24) is 4.90 Å². The molecule has 0 N–H and O–H groups in total. The van der Waals surface area contributed by atoms with Gasteiger partial charge in [-0.1, -0.05) is 19.1 Å². The summed E-state index contributed by atoms with van der Waals surface area (Å²) in [4.78, 5) is 2.44. The first-order valence-electron chi connectivity index (χ1n) is 4.74. The monoisotopic (exact) mass is 169 g/mol. The van der Waals surface area contributed by atoms with Crippen molar-refractivity contribution in [3.05, 3.63) is 12.2 Å². The molecule has 1 unspecified atom stereocenters. The van der Waals surface area contributed by atoms with Gasteiger partial charge >= 0.3 is 0 Å². The van der Waals surface area contributed by atoms with Gasteiger partial charge in [0.2, 0.25) is 0 Å². The van der Waals surface area contributed by atoms with Gasteiger partial charge in [0.1, 0.15) is 0 Å². The van der Waals surface area contributed by atoms with E-state index in [0.717, 1.165) is 26.3 Å². The quantitative estimate of drug-likeness (QED) is 0.581. The molecule has 0 spiro atoms. The third kappa shape index (κ3) is 3.37. The standard InChI is InChI=1S/C10H19NO/c1-3-4-5-11-6-7-12-9-10(2)8-11/h3-4,10H,5-9H2,1-2H3/b4-3+. The predicted octanol–water partition coefficient (Wildman–Crippen LogP) is 1.53. The van der Waals surface area contributed by atoms with Gasteiger partial charge in [0, 0.05) is 19.6 Å². The summed E-state index contributed by atoms with van der Waals surface area (Å²) in [6.07, 6.45) is 4.31. The maximum atomic E-state index is 5.45. The molecule has 1 heterocycles. The molecule has 1 saturated heterocycles. The average molecular weight is 169 g/mol. The predicted molar refractivity (Wildman–Crippen MR) is 51.2 cm³/mol. The lowest BCUT2D eigenvalue weighted by Crippen LogP contribution is -2.29. The van der Waals surface area contributed by atoms with Crippen LogP contribution in [0.25, 0.3) is 0 Å². The van der Waals surface area contributed by atoms with Crippen molar-refractivity contribution in [1.29, 1.82) is 0 Å². The third-order valence-corrected chi connectivity index (χ3v) is 2.12. The van der Waals surface area contributed by atoms with Crippen LogP contribution in [-0.2, 0) is 4.74 Å². The average Bonchev–Trinajstić information content (AvgIpc) is 2.26. The fraction of sp³-hybridized carbons (Fsp3) is 0.800. The molecule has 0 amide bonds. The van der Waals surface area contributed by atoms with Crippen LogP contribution in [0.4, 0.5) is 0 Å². The molecule has 1 atom stereocenters. The van der Waals surface area contributed by atoms with Crippen LogP contribution >= 0.6 is 0 Å². The second kappa shape index (κ2) is 5.33. The SMILES string of the molecule is C/C=C/CN1CCOCC(C)C1. The molecule has 1 fully saturated rings. The van der Waals surface area contributed by atoms with Gasteiger partial charge < -0.3 is 4.74 Å². The zero-order valence-corrected chi connectivity index (χ0v) is 8.12. The smallest absolute Gasteiger partial charge is 0.0593 e. The van der Waals surface area contributed by atoms with E-state index in [1.807, 2.05) is 0 Å². The molecule has 2 heteroatoms. The fourth-order valence-corrected chi connectivity index (χ4v) is 1.48. The van der Waals surface area contributed by atoms with Gasteiger partial charge in [-0.15, -0.1) is 0 Å². The molecule has 1 aliphatic heterocycles. The lowest BCUT2D eigenvalue weighted by molar-refractivity contribution is 0.126. The molecule has 12 heavy (non-hydrogen) atoms. The molecule has 0 radical (unpaired) electrons. The molecule has 0 aromatic rings. The Morgan fingerprint density at radius 1 is 1.58 bits per heavy atom. The molecule has 2 nitrogen and oxygen atoms in total. The van der Waals surface area contributed by atoms with Gasteiger partial charge in [0.15, 0.2) is 0 Å². The second-order valence-corrected chi connectivity index (χ2v) is 3.51. The van der Waals surface area contributed by atoms with Gasteiger partial charge in [-0.05, 0) is 12.8 Å². The number of hydrogen-bond donors (Lipinski definition) is 0. The summed E-state index contributed by atoms with van der Waals surface area (Å²) in [6.45, 7) is 9.45. The van der Waals surface area contributed by atoms with Crippen LogP contribution in [0.1, 0.15) is 13.8 Å². The van der Waals surface area contributed by atoms with Crippen molar-refractivity contribution in [2.24, 2.45) is 5.92 Å². The summed E-state index contributed by atoms with van der Waals surface area (Å²) in [5, 5.41) is 0. The van der Waals surface area contributed by atoms with Crippen LogP contribution in [0.15, 0.2) is 12.2 Å². The Morgan fingerprint density at radius 2 is 2.42 bits per heavy atom. The van der Waals surface area contributed by atoms with E-state index in [9.17, 15) is 0 Å². The molecule has 0 saturated carbocycles. The summed E-state index contributed by atoms with van der Waals surface area (Å²) in [6, 6.07) is 0. The van der Waals surface area contributed by atoms with Crippen LogP contribution in [-0.4, -0.2) is 37.7 Å². The maximum absolute atomic E-state index is 5.45. The van der Waals surface area contributed by atoms with E-state index in [0.29, 0.717) is 5.92 Å². The number of rotatable bonds is 2. The highest BCUT2D eigenvalue weighted by molar-refractivity contribution is 4.82. The van der Waals surface area contributed by atoms with E-state index in [1.165, 1.54) is 6.54 Å². The maximum Gasteiger partial charge on any atom is 0.0593 e. The zero-order valence-electron chi connectivity index (χ0n) is 8.12. The van der Waals surface area contributed by atoms with E-state index in [2.05, 4.69) is 30.9 Å². The summed E-state index contributed by atoms with van der Waals surface area (Å²) in [5.41, 5.74) is 0. The van der Waals surface area contributed by atoms with E-state index >= 15 is 0 Å². The lowest BCUT2D eigenvalue weighted by atomic mass is 10.2. The van der Waals surface area contributed by atoms with Crippen molar-refractivity contribution in [2.45, 2.75) is 13.8 Å². The topological polar surface area (TPSA) is 12.5 Å². The van der Waals surface area contributed by atoms with Crippen LogP contribution in [0.3, 0.4) is 0 Å². The van der Waals surface area contributed by atoms with Gasteiger partial charge in [-0.2, -0.15) is 0 Å². The minimum absolute atomic E-state index is 0.678. The van der Waals surface area contributed by atoms with Gasteiger partial charge in [0.25, 0.3) is 0 Å². The molecule has 0 aromatic heterocycles. The Kier molecular flexibility index (Phi) is 4.33. The zero-order chi connectivity index (χ0) is 8.81. The van der Waals surface area contributed by atoms with Gasteiger partial charge in [-0.3, -0.25) is 4.90 Å². The molecular weight excluding hydrogens is 150 g/mol. The third-order valence-electron chi connectivity index (χ3n) is 2.12. The Balaban J connectivity index is 2.30. The number of allylic oxidation sites excluding steroid dienone is 1. The minimum atomic E-state index is 0.678. The van der Waals surface area contributed by atoms with E-state index in [1.54, 1.807) is 0 Å². The summed E-state index contributed by atoms with van der Waals surface area (Å²) in [5.74, 6) is 0.678. The van der Waals surface area contributed by atoms with Crippen molar-refractivity contribution in [2.75, 3.05) is 32.8 Å². The van der Waals surface area contributed by atoms with Crippen molar-refractivity contribution >= 4 is 0 Å². The second-order valence-electron chi connectivity index (χ2n) is 3.51. The van der Waals surface area contributed by atoms with Crippen molar-refractivity contribution in [3.8, 4) is 0 Å². The first kappa shape index (κ1) is 9.75. The molecule has 0 bridgehead atoms. The molecule has 0 aliphatic carbocycles. The van der Waals surface area contributed by atoms with Gasteiger partial charge in [0.05, 0.1) is 13.2 Å². The number of hydrogen-bond acceptors (Lipinski definition) is 2. The summed E-state index contributed by atoms with van der Waals surface area (Å²) < 4.78 is 5.45. The fourth-order valence-electron chi connectivity index (χ4n) is 1.48. The van der Waals surface area contributed by atoms with Crippen LogP contribution in [0, 0.1) is 5.92 Å². The van der Waals surface area contributed by atoms with E-state index in [-0.39, 0.29) is 0 Å². The van der Waals surface area contributed by atoms with Crippen LogP contribution in [0.2, 0.25) is 0 Å². The molecule has 1 aliphatic rings. The first-order chi connectivity index (χ1) is 5.83. The Morgan fingerprint density at radius 3 is 3.17 bits per heavy atom.